The van der Waals surface area contributed by atoms with E-state index in [4.69, 9.17) is 4.74 Å². The van der Waals surface area contributed by atoms with Crippen LogP contribution in [0.3, 0.4) is 0 Å². The van der Waals surface area contributed by atoms with E-state index >= 15 is 0 Å². The van der Waals surface area contributed by atoms with Crippen LogP contribution in [0.4, 0.5) is 5.69 Å². The number of methoxy groups -OCH3 is 1. The van der Waals surface area contributed by atoms with E-state index in [0.29, 0.717) is 12.3 Å². The van der Waals surface area contributed by atoms with Crippen LogP contribution in [0.25, 0.3) is 0 Å². The molecule has 4 nitrogen and oxygen atoms in total. The Labute approximate surface area is 162 Å². The maximum atomic E-state index is 12.3. The largest absolute Gasteiger partial charge is 0.496 e. The van der Waals surface area contributed by atoms with Gasteiger partial charge in [-0.3, -0.25) is 4.79 Å². The summed E-state index contributed by atoms with van der Waals surface area (Å²) in [6, 6.07) is 14.4. The number of hydrogen-bond acceptors (Lipinski definition) is 3. The molecule has 1 N–H and O–H groups in total. The number of rotatable bonds is 6. The van der Waals surface area contributed by atoms with Crippen LogP contribution in [0.1, 0.15) is 41.9 Å². The number of hydrogen-bond donors (Lipinski definition) is 1. The summed E-state index contributed by atoms with van der Waals surface area (Å²) in [5.41, 5.74) is 4.64. The van der Waals surface area contributed by atoms with Crippen LogP contribution in [0.5, 0.6) is 5.75 Å². The molecular weight excluding hydrogens is 336 g/mol. The van der Waals surface area contributed by atoms with Gasteiger partial charge in [-0.25, -0.2) is 0 Å². The number of para-hydroxylation sites is 1. The van der Waals surface area contributed by atoms with Gasteiger partial charge >= 0.3 is 0 Å². The number of aryl methyl sites for hydroxylation is 2. The smallest absolute Gasteiger partial charge is 0.225 e. The summed E-state index contributed by atoms with van der Waals surface area (Å²) in [5.74, 6) is 1.62. The first kappa shape index (κ1) is 19.4. The average molecular weight is 367 g/mol. The first-order chi connectivity index (χ1) is 13.1. The molecule has 1 heterocycles. The molecule has 0 saturated carbocycles. The summed E-state index contributed by atoms with van der Waals surface area (Å²) < 4.78 is 5.51. The lowest BCUT2D eigenvalue weighted by Gasteiger charge is -2.32. The molecule has 0 spiro atoms. The molecule has 2 aromatic carbocycles. The molecule has 0 radical (unpaired) electrons. The lowest BCUT2D eigenvalue weighted by molar-refractivity contribution is -0.116. The van der Waals surface area contributed by atoms with Gasteiger partial charge in [0.05, 0.1) is 7.11 Å². The molecule has 0 bridgehead atoms. The highest BCUT2D eigenvalue weighted by atomic mass is 16.5. The second-order valence-electron chi connectivity index (χ2n) is 7.46. The van der Waals surface area contributed by atoms with Crippen molar-refractivity contribution in [3.8, 4) is 5.75 Å². The summed E-state index contributed by atoms with van der Waals surface area (Å²) in [7, 11) is 1.74. The van der Waals surface area contributed by atoms with Crippen molar-refractivity contribution < 1.29 is 9.53 Å². The molecule has 1 fully saturated rings. The van der Waals surface area contributed by atoms with Crippen molar-refractivity contribution in [2.45, 2.75) is 39.0 Å². The van der Waals surface area contributed by atoms with Crippen LogP contribution in [0, 0.1) is 13.8 Å². The Hall–Kier alpha value is -2.33. The molecule has 1 aliphatic heterocycles. The zero-order valence-electron chi connectivity index (χ0n) is 16.6. The van der Waals surface area contributed by atoms with Crippen LogP contribution in [0.2, 0.25) is 0 Å². The number of likely N-dealkylation sites (tertiary alicyclic amines) is 1. The fourth-order valence-electron chi connectivity index (χ4n) is 3.77. The minimum Gasteiger partial charge on any atom is -0.496 e. The van der Waals surface area contributed by atoms with Crippen molar-refractivity contribution in [1.29, 1.82) is 0 Å². The predicted octanol–water partition coefficient (Wildman–Crippen LogP) is 4.52. The van der Waals surface area contributed by atoms with Crippen molar-refractivity contribution in [2.75, 3.05) is 32.1 Å². The Balaban J connectivity index is 1.45. The van der Waals surface area contributed by atoms with Gasteiger partial charge in [-0.05, 0) is 80.6 Å². The minimum absolute atomic E-state index is 0.0881. The van der Waals surface area contributed by atoms with E-state index < -0.39 is 0 Å². The van der Waals surface area contributed by atoms with Crippen molar-refractivity contribution in [2.24, 2.45) is 0 Å². The first-order valence-electron chi connectivity index (χ1n) is 9.79. The second-order valence-corrected chi connectivity index (χ2v) is 7.46. The van der Waals surface area contributed by atoms with E-state index in [2.05, 4.69) is 36.2 Å². The molecule has 1 aliphatic rings. The minimum atomic E-state index is 0.0881. The van der Waals surface area contributed by atoms with Gasteiger partial charge in [-0.2, -0.15) is 0 Å². The van der Waals surface area contributed by atoms with E-state index in [-0.39, 0.29) is 5.91 Å². The number of anilines is 1. The van der Waals surface area contributed by atoms with Gasteiger partial charge in [-0.1, -0.05) is 24.3 Å². The lowest BCUT2D eigenvalue weighted by atomic mass is 9.89. The number of nitrogens with one attached hydrogen (secondary N) is 1. The number of benzene rings is 2. The first-order valence-corrected chi connectivity index (χ1v) is 9.79. The van der Waals surface area contributed by atoms with E-state index in [1.165, 1.54) is 16.7 Å². The van der Waals surface area contributed by atoms with Crippen molar-refractivity contribution >= 4 is 11.6 Å². The molecular formula is C23H30N2O2. The number of carbonyl (C=O) groups excluding carboxylic acids is 1. The Morgan fingerprint density at radius 3 is 2.56 bits per heavy atom. The number of ether oxygens (including phenoxy) is 1. The summed E-state index contributed by atoms with van der Waals surface area (Å²) in [6.07, 6.45) is 2.75. The zero-order chi connectivity index (χ0) is 19.2. The Morgan fingerprint density at radius 1 is 1.11 bits per heavy atom. The van der Waals surface area contributed by atoms with Crippen LogP contribution >= 0.6 is 0 Å². The highest BCUT2D eigenvalue weighted by Gasteiger charge is 2.23. The molecule has 144 valence electrons. The SMILES string of the molecule is COc1ccccc1C1CCN(CCC(=O)Nc2ccc(C)c(C)c2)CC1. The highest BCUT2D eigenvalue weighted by molar-refractivity contribution is 5.90. The van der Waals surface area contributed by atoms with E-state index in [0.717, 1.165) is 43.9 Å². The maximum absolute atomic E-state index is 12.3. The summed E-state index contributed by atoms with van der Waals surface area (Å²) in [6.45, 7) is 7.01. The van der Waals surface area contributed by atoms with Gasteiger partial charge in [0.1, 0.15) is 5.75 Å². The average Bonchev–Trinajstić information content (AvgIpc) is 2.69. The van der Waals surface area contributed by atoms with Crippen molar-refractivity contribution in [3.63, 3.8) is 0 Å². The molecule has 2 aromatic rings. The molecule has 0 aliphatic carbocycles. The third-order valence-electron chi connectivity index (χ3n) is 5.61. The van der Waals surface area contributed by atoms with E-state index in [1.54, 1.807) is 7.11 Å². The summed E-state index contributed by atoms with van der Waals surface area (Å²) in [5, 5.41) is 3.02. The Kier molecular flexibility index (Phi) is 6.51. The number of carbonyl (C=O) groups is 1. The quantitative estimate of drug-likeness (QED) is 0.817. The number of amides is 1. The van der Waals surface area contributed by atoms with Gasteiger partial charge in [0.25, 0.3) is 0 Å². The summed E-state index contributed by atoms with van der Waals surface area (Å²) >= 11 is 0. The molecule has 0 unspecified atom stereocenters. The molecule has 3 rings (SSSR count). The monoisotopic (exact) mass is 366 g/mol. The maximum Gasteiger partial charge on any atom is 0.225 e. The standard InChI is InChI=1S/C23H30N2O2/c1-17-8-9-20(16-18(17)2)24-23(26)12-15-25-13-10-19(11-14-25)21-6-4-5-7-22(21)27-3/h4-9,16,19H,10-15H2,1-3H3,(H,24,26). The predicted molar refractivity (Wildman–Crippen MR) is 111 cm³/mol. The normalized spacial score (nSPS) is 15.5. The van der Waals surface area contributed by atoms with Gasteiger partial charge in [-0.15, -0.1) is 0 Å². The number of piperidine rings is 1. The van der Waals surface area contributed by atoms with Crippen LogP contribution in [-0.2, 0) is 4.79 Å². The third kappa shape index (κ3) is 5.10. The van der Waals surface area contributed by atoms with Crippen LogP contribution in [0.15, 0.2) is 42.5 Å². The summed E-state index contributed by atoms with van der Waals surface area (Å²) in [4.78, 5) is 14.7. The van der Waals surface area contributed by atoms with Crippen LogP contribution in [-0.4, -0.2) is 37.6 Å². The Bertz CT molecular complexity index is 780. The zero-order valence-corrected chi connectivity index (χ0v) is 16.6. The molecule has 1 saturated heterocycles. The fraction of sp³-hybridized carbons (Fsp3) is 0.435. The Morgan fingerprint density at radius 2 is 1.85 bits per heavy atom. The molecule has 0 atom stereocenters. The molecule has 4 heteroatoms. The topological polar surface area (TPSA) is 41.6 Å². The van der Waals surface area contributed by atoms with Crippen molar-refractivity contribution in [3.05, 3.63) is 59.2 Å². The van der Waals surface area contributed by atoms with Crippen LogP contribution < -0.4 is 10.1 Å². The second kappa shape index (κ2) is 9.05. The van der Waals surface area contributed by atoms with Crippen molar-refractivity contribution in [1.82, 2.24) is 4.90 Å². The van der Waals surface area contributed by atoms with E-state index in [9.17, 15) is 4.79 Å². The van der Waals surface area contributed by atoms with Gasteiger partial charge in [0.15, 0.2) is 0 Å². The lowest BCUT2D eigenvalue weighted by Crippen LogP contribution is -2.35. The third-order valence-corrected chi connectivity index (χ3v) is 5.61. The number of nitrogens with zero attached hydrogens (tertiary/aromatic N) is 1. The fourth-order valence-corrected chi connectivity index (χ4v) is 3.77. The van der Waals surface area contributed by atoms with E-state index in [1.807, 2.05) is 30.3 Å². The molecule has 27 heavy (non-hydrogen) atoms. The molecule has 1 amide bonds. The molecule has 0 aromatic heterocycles. The highest BCUT2D eigenvalue weighted by Crippen LogP contribution is 2.33. The van der Waals surface area contributed by atoms with Gasteiger partial charge < -0.3 is 15.0 Å². The van der Waals surface area contributed by atoms with Gasteiger partial charge in [0, 0.05) is 18.7 Å². The van der Waals surface area contributed by atoms with Gasteiger partial charge in [0.2, 0.25) is 5.91 Å².